The molecule has 0 aromatic carbocycles. The van der Waals surface area contributed by atoms with E-state index in [9.17, 15) is 0 Å². The number of likely N-dealkylation sites (tertiary alicyclic amines) is 1. The molecule has 1 saturated heterocycles. The number of rotatable bonds is 6. The molecule has 2 unspecified atom stereocenters. The molecular formula is C13H27N3. The Kier molecular flexibility index (Phi) is 4.22. The van der Waals surface area contributed by atoms with E-state index in [0.717, 1.165) is 17.9 Å². The standard InChI is InChI=1S/C13H27N3/c1-14-13(12-4-5-12)10-16(3)9-11-6-7-15(2)8-11/h11-14H,4-10H2,1-3H3. The highest BCUT2D eigenvalue weighted by atomic mass is 15.2. The summed E-state index contributed by atoms with van der Waals surface area (Å²) >= 11 is 0. The normalized spacial score (nSPS) is 28.9. The van der Waals surface area contributed by atoms with Crippen molar-refractivity contribution >= 4 is 0 Å². The highest BCUT2D eigenvalue weighted by Crippen LogP contribution is 2.32. The number of hydrogen-bond acceptors (Lipinski definition) is 3. The van der Waals surface area contributed by atoms with Gasteiger partial charge < -0.3 is 15.1 Å². The van der Waals surface area contributed by atoms with Crippen LogP contribution in [0.5, 0.6) is 0 Å². The number of hydrogen-bond donors (Lipinski definition) is 1. The third-order valence-corrected chi connectivity index (χ3v) is 4.13. The van der Waals surface area contributed by atoms with Gasteiger partial charge in [0.05, 0.1) is 0 Å². The zero-order valence-corrected chi connectivity index (χ0v) is 11.1. The lowest BCUT2D eigenvalue weighted by molar-refractivity contribution is 0.241. The van der Waals surface area contributed by atoms with Crippen molar-refractivity contribution in [2.75, 3.05) is 47.3 Å². The zero-order chi connectivity index (χ0) is 11.5. The molecule has 0 spiro atoms. The second kappa shape index (κ2) is 5.48. The van der Waals surface area contributed by atoms with Gasteiger partial charge in [-0.25, -0.2) is 0 Å². The molecule has 94 valence electrons. The van der Waals surface area contributed by atoms with E-state index >= 15 is 0 Å². The third-order valence-electron chi connectivity index (χ3n) is 4.13. The van der Waals surface area contributed by atoms with Gasteiger partial charge in [0.15, 0.2) is 0 Å². The van der Waals surface area contributed by atoms with E-state index in [1.165, 1.54) is 45.4 Å². The van der Waals surface area contributed by atoms with E-state index in [4.69, 9.17) is 0 Å². The monoisotopic (exact) mass is 225 g/mol. The van der Waals surface area contributed by atoms with Gasteiger partial charge >= 0.3 is 0 Å². The molecule has 1 saturated carbocycles. The van der Waals surface area contributed by atoms with Crippen LogP contribution in [0.4, 0.5) is 0 Å². The molecule has 1 aliphatic heterocycles. The molecule has 16 heavy (non-hydrogen) atoms. The summed E-state index contributed by atoms with van der Waals surface area (Å²) in [5.41, 5.74) is 0. The largest absolute Gasteiger partial charge is 0.315 e. The lowest BCUT2D eigenvalue weighted by atomic mass is 10.1. The molecule has 3 heteroatoms. The van der Waals surface area contributed by atoms with Crippen LogP contribution < -0.4 is 5.32 Å². The van der Waals surface area contributed by atoms with Gasteiger partial charge in [0, 0.05) is 25.7 Å². The number of nitrogens with one attached hydrogen (secondary N) is 1. The molecule has 3 nitrogen and oxygen atoms in total. The maximum absolute atomic E-state index is 3.48. The van der Waals surface area contributed by atoms with Crippen LogP contribution in [0.2, 0.25) is 0 Å². The average Bonchev–Trinajstić information content (AvgIpc) is 3.00. The molecule has 1 N–H and O–H groups in total. The van der Waals surface area contributed by atoms with Gasteiger partial charge in [0.1, 0.15) is 0 Å². The third kappa shape index (κ3) is 3.44. The summed E-state index contributed by atoms with van der Waals surface area (Å²) in [6.45, 7) is 5.07. The predicted octanol–water partition coefficient (Wildman–Crippen LogP) is 0.868. The van der Waals surface area contributed by atoms with Gasteiger partial charge in [0.25, 0.3) is 0 Å². The minimum absolute atomic E-state index is 0.726. The first-order chi connectivity index (χ1) is 7.69. The van der Waals surface area contributed by atoms with E-state index < -0.39 is 0 Å². The Hall–Kier alpha value is -0.120. The topological polar surface area (TPSA) is 18.5 Å². The lowest BCUT2D eigenvalue weighted by Crippen LogP contribution is -2.41. The fourth-order valence-electron chi connectivity index (χ4n) is 3.00. The van der Waals surface area contributed by atoms with E-state index in [-0.39, 0.29) is 0 Å². The molecule has 0 radical (unpaired) electrons. The Morgan fingerprint density at radius 3 is 2.62 bits per heavy atom. The Labute approximate surface area is 100 Å². The summed E-state index contributed by atoms with van der Waals surface area (Å²) in [4.78, 5) is 4.98. The number of likely N-dealkylation sites (N-methyl/N-ethyl adjacent to an activating group) is 2. The van der Waals surface area contributed by atoms with E-state index in [2.05, 4.69) is 36.3 Å². The highest BCUT2D eigenvalue weighted by molar-refractivity contribution is 4.87. The maximum atomic E-state index is 3.48. The van der Waals surface area contributed by atoms with Gasteiger partial charge in [-0.05, 0) is 58.8 Å². The fraction of sp³-hybridized carbons (Fsp3) is 1.00. The molecule has 2 atom stereocenters. The second-order valence-corrected chi connectivity index (χ2v) is 5.87. The summed E-state index contributed by atoms with van der Waals surface area (Å²) in [6, 6.07) is 0.726. The minimum atomic E-state index is 0.726. The Morgan fingerprint density at radius 2 is 2.12 bits per heavy atom. The summed E-state index contributed by atoms with van der Waals surface area (Å²) in [5.74, 6) is 1.85. The first kappa shape index (κ1) is 12.3. The van der Waals surface area contributed by atoms with Crippen LogP contribution in [0.1, 0.15) is 19.3 Å². The van der Waals surface area contributed by atoms with Crippen LogP contribution in [0.25, 0.3) is 0 Å². The average molecular weight is 225 g/mol. The Bertz CT molecular complexity index is 215. The summed E-state index contributed by atoms with van der Waals surface area (Å²) in [6.07, 6.45) is 4.26. The van der Waals surface area contributed by atoms with Crippen LogP contribution in [-0.4, -0.2) is 63.2 Å². The van der Waals surface area contributed by atoms with E-state index in [1.54, 1.807) is 0 Å². The highest BCUT2D eigenvalue weighted by Gasteiger charge is 2.31. The van der Waals surface area contributed by atoms with Crippen molar-refractivity contribution in [2.24, 2.45) is 11.8 Å². The molecule has 2 rings (SSSR count). The van der Waals surface area contributed by atoms with Crippen molar-refractivity contribution in [3.63, 3.8) is 0 Å². The molecule has 0 aromatic rings. The van der Waals surface area contributed by atoms with Crippen LogP contribution in [0, 0.1) is 11.8 Å². The smallest absolute Gasteiger partial charge is 0.0220 e. The SMILES string of the molecule is CNC(CN(C)CC1CCN(C)C1)C1CC1. The van der Waals surface area contributed by atoms with Crippen molar-refractivity contribution in [1.82, 2.24) is 15.1 Å². The van der Waals surface area contributed by atoms with Crippen molar-refractivity contribution in [3.05, 3.63) is 0 Å². The van der Waals surface area contributed by atoms with Crippen molar-refractivity contribution in [1.29, 1.82) is 0 Å². The van der Waals surface area contributed by atoms with Gasteiger partial charge in [-0.2, -0.15) is 0 Å². The Balaban J connectivity index is 1.68. The van der Waals surface area contributed by atoms with E-state index in [1.807, 2.05) is 0 Å². The van der Waals surface area contributed by atoms with Crippen LogP contribution in [0.15, 0.2) is 0 Å². The molecule has 2 fully saturated rings. The first-order valence-corrected chi connectivity index (χ1v) is 6.73. The van der Waals surface area contributed by atoms with Gasteiger partial charge in [-0.15, -0.1) is 0 Å². The van der Waals surface area contributed by atoms with Crippen molar-refractivity contribution < 1.29 is 0 Å². The molecule has 0 aromatic heterocycles. The fourth-order valence-corrected chi connectivity index (χ4v) is 3.00. The number of nitrogens with zero attached hydrogens (tertiary/aromatic N) is 2. The maximum Gasteiger partial charge on any atom is 0.0220 e. The van der Waals surface area contributed by atoms with Crippen LogP contribution in [-0.2, 0) is 0 Å². The summed E-state index contributed by atoms with van der Waals surface area (Å²) in [7, 11) is 6.63. The van der Waals surface area contributed by atoms with Crippen LogP contribution in [0.3, 0.4) is 0 Å². The Morgan fingerprint density at radius 1 is 1.38 bits per heavy atom. The minimum Gasteiger partial charge on any atom is -0.315 e. The molecule has 2 aliphatic rings. The van der Waals surface area contributed by atoms with Gasteiger partial charge in [-0.3, -0.25) is 0 Å². The molecule has 1 aliphatic carbocycles. The van der Waals surface area contributed by atoms with Gasteiger partial charge in [-0.1, -0.05) is 0 Å². The van der Waals surface area contributed by atoms with E-state index in [0.29, 0.717) is 0 Å². The summed E-state index contributed by atoms with van der Waals surface area (Å²) in [5, 5.41) is 3.48. The molecule has 0 amide bonds. The summed E-state index contributed by atoms with van der Waals surface area (Å²) < 4.78 is 0. The second-order valence-electron chi connectivity index (χ2n) is 5.87. The zero-order valence-electron chi connectivity index (χ0n) is 11.1. The van der Waals surface area contributed by atoms with Crippen LogP contribution >= 0.6 is 0 Å². The van der Waals surface area contributed by atoms with Crippen molar-refractivity contribution in [3.8, 4) is 0 Å². The molecule has 1 heterocycles. The first-order valence-electron chi connectivity index (χ1n) is 6.73. The predicted molar refractivity (Wildman–Crippen MR) is 68.7 cm³/mol. The van der Waals surface area contributed by atoms with Crippen molar-refractivity contribution in [2.45, 2.75) is 25.3 Å². The quantitative estimate of drug-likeness (QED) is 0.723. The lowest BCUT2D eigenvalue weighted by Gasteiger charge is -2.26. The molecular weight excluding hydrogens is 198 g/mol. The van der Waals surface area contributed by atoms with Gasteiger partial charge in [0.2, 0.25) is 0 Å². The molecule has 0 bridgehead atoms.